The van der Waals surface area contributed by atoms with Gasteiger partial charge in [0.15, 0.2) is 0 Å². The number of aromatic nitrogens is 1. The van der Waals surface area contributed by atoms with E-state index in [0.717, 1.165) is 31.0 Å². The van der Waals surface area contributed by atoms with E-state index >= 15 is 0 Å². The van der Waals surface area contributed by atoms with Crippen molar-refractivity contribution in [1.82, 2.24) is 14.8 Å². The average Bonchev–Trinajstić information content (AvgIpc) is 3.20. The summed E-state index contributed by atoms with van der Waals surface area (Å²) in [6.45, 7) is 3.90. The van der Waals surface area contributed by atoms with Crippen LogP contribution in [0.3, 0.4) is 0 Å². The number of hydrogen-bond donors (Lipinski definition) is 1. The summed E-state index contributed by atoms with van der Waals surface area (Å²) in [7, 11) is 0. The molecule has 0 saturated carbocycles. The average molecular weight is 315 g/mol. The summed E-state index contributed by atoms with van der Waals surface area (Å²) in [5.41, 5.74) is 1.76. The fraction of sp³-hybridized carbons (Fsp3) is 0.389. The molecule has 0 spiro atoms. The highest BCUT2D eigenvalue weighted by molar-refractivity contribution is 5.78. The van der Waals surface area contributed by atoms with Crippen LogP contribution in [0.5, 0.6) is 0 Å². The van der Waals surface area contributed by atoms with Crippen LogP contribution in [0.25, 0.3) is 5.69 Å². The number of rotatable bonds is 6. The summed E-state index contributed by atoms with van der Waals surface area (Å²) in [4.78, 5) is 14.5. The van der Waals surface area contributed by atoms with E-state index in [4.69, 9.17) is 0 Å². The van der Waals surface area contributed by atoms with Gasteiger partial charge in [0.25, 0.3) is 0 Å². The number of amides is 1. The van der Waals surface area contributed by atoms with Gasteiger partial charge in [0.05, 0.1) is 6.42 Å². The van der Waals surface area contributed by atoms with Gasteiger partial charge in [-0.05, 0) is 62.3 Å². The van der Waals surface area contributed by atoms with Crippen molar-refractivity contribution in [3.63, 3.8) is 0 Å². The molecule has 2 heterocycles. The van der Waals surface area contributed by atoms with Gasteiger partial charge >= 0.3 is 0 Å². The molecule has 5 heteroatoms. The molecule has 1 saturated heterocycles. The molecule has 1 aliphatic rings. The predicted molar refractivity (Wildman–Crippen MR) is 88.1 cm³/mol. The second kappa shape index (κ2) is 7.42. The van der Waals surface area contributed by atoms with Crippen LogP contribution in [0.4, 0.5) is 4.39 Å². The quantitative estimate of drug-likeness (QED) is 0.888. The zero-order chi connectivity index (χ0) is 16.1. The third-order valence-electron chi connectivity index (χ3n) is 4.23. The minimum absolute atomic E-state index is 0.0197. The van der Waals surface area contributed by atoms with E-state index < -0.39 is 0 Å². The summed E-state index contributed by atoms with van der Waals surface area (Å²) in [5, 5.41) is 2.98. The maximum atomic E-state index is 13.0. The lowest BCUT2D eigenvalue weighted by Gasteiger charge is -2.15. The van der Waals surface area contributed by atoms with Gasteiger partial charge in [-0.2, -0.15) is 0 Å². The van der Waals surface area contributed by atoms with Crippen molar-refractivity contribution in [2.45, 2.75) is 19.3 Å². The van der Waals surface area contributed by atoms with Gasteiger partial charge in [0.1, 0.15) is 5.82 Å². The molecule has 2 aromatic rings. The van der Waals surface area contributed by atoms with Crippen LogP contribution in [0.15, 0.2) is 42.6 Å². The Morgan fingerprint density at radius 1 is 1.13 bits per heavy atom. The smallest absolute Gasteiger partial charge is 0.225 e. The number of benzene rings is 1. The zero-order valence-electron chi connectivity index (χ0n) is 13.2. The maximum Gasteiger partial charge on any atom is 0.225 e. The number of nitrogens with one attached hydrogen (secondary N) is 1. The van der Waals surface area contributed by atoms with Crippen LogP contribution in [0.2, 0.25) is 0 Å². The highest BCUT2D eigenvalue weighted by atomic mass is 19.1. The Morgan fingerprint density at radius 3 is 2.61 bits per heavy atom. The Labute approximate surface area is 135 Å². The second-order valence-electron chi connectivity index (χ2n) is 5.92. The molecule has 0 bridgehead atoms. The first-order valence-corrected chi connectivity index (χ1v) is 8.13. The maximum absolute atomic E-state index is 13.0. The molecule has 3 rings (SSSR count). The van der Waals surface area contributed by atoms with E-state index in [1.165, 1.54) is 25.0 Å². The predicted octanol–water partition coefficient (Wildman–Crippen LogP) is 2.37. The second-order valence-corrected chi connectivity index (χ2v) is 5.92. The van der Waals surface area contributed by atoms with E-state index in [2.05, 4.69) is 10.2 Å². The summed E-state index contributed by atoms with van der Waals surface area (Å²) in [6, 6.07) is 10.1. The van der Waals surface area contributed by atoms with Crippen molar-refractivity contribution in [3.8, 4) is 5.69 Å². The van der Waals surface area contributed by atoms with Gasteiger partial charge in [-0.1, -0.05) is 0 Å². The van der Waals surface area contributed by atoms with Crippen LogP contribution >= 0.6 is 0 Å². The van der Waals surface area contributed by atoms with Crippen LogP contribution < -0.4 is 5.32 Å². The van der Waals surface area contributed by atoms with Gasteiger partial charge in [0.2, 0.25) is 5.91 Å². The number of carbonyl (C=O) groups excluding carboxylic acids is 1. The summed E-state index contributed by atoms with van der Waals surface area (Å²) in [5.74, 6) is -0.242. The molecule has 0 unspecified atom stereocenters. The van der Waals surface area contributed by atoms with Crippen LogP contribution in [0, 0.1) is 5.82 Å². The first-order valence-electron chi connectivity index (χ1n) is 8.13. The molecule has 122 valence electrons. The van der Waals surface area contributed by atoms with Gasteiger partial charge in [0, 0.05) is 30.7 Å². The van der Waals surface area contributed by atoms with Crippen molar-refractivity contribution in [2.75, 3.05) is 26.2 Å². The highest BCUT2D eigenvalue weighted by Gasteiger charge is 2.12. The van der Waals surface area contributed by atoms with E-state index in [1.807, 2.05) is 22.9 Å². The Bertz CT molecular complexity index is 645. The lowest BCUT2D eigenvalue weighted by atomic mass is 10.2. The van der Waals surface area contributed by atoms with Crippen molar-refractivity contribution >= 4 is 5.91 Å². The molecule has 1 aromatic carbocycles. The lowest BCUT2D eigenvalue weighted by molar-refractivity contribution is -0.120. The van der Waals surface area contributed by atoms with E-state index in [-0.39, 0.29) is 11.7 Å². The number of likely N-dealkylation sites (tertiary alicyclic amines) is 1. The van der Waals surface area contributed by atoms with Gasteiger partial charge in [-0.3, -0.25) is 4.79 Å². The number of hydrogen-bond acceptors (Lipinski definition) is 2. The third-order valence-corrected chi connectivity index (χ3v) is 4.23. The Balaban J connectivity index is 1.54. The molecular formula is C18H22FN3O. The molecule has 1 amide bonds. The molecule has 0 atom stereocenters. The highest BCUT2D eigenvalue weighted by Crippen LogP contribution is 2.14. The van der Waals surface area contributed by atoms with Gasteiger partial charge < -0.3 is 14.8 Å². The molecule has 1 aliphatic heterocycles. The summed E-state index contributed by atoms with van der Waals surface area (Å²) >= 11 is 0. The number of nitrogens with zero attached hydrogens (tertiary/aromatic N) is 2. The lowest BCUT2D eigenvalue weighted by Crippen LogP contribution is -2.34. The van der Waals surface area contributed by atoms with Crippen molar-refractivity contribution in [1.29, 1.82) is 0 Å². The van der Waals surface area contributed by atoms with Crippen molar-refractivity contribution in [2.24, 2.45) is 0 Å². The van der Waals surface area contributed by atoms with Crippen LogP contribution in [-0.2, 0) is 11.2 Å². The SMILES string of the molecule is O=C(Cc1cccn1-c1ccc(F)cc1)NCCN1CCCC1. The van der Waals surface area contributed by atoms with Crippen molar-refractivity contribution < 1.29 is 9.18 Å². The molecule has 23 heavy (non-hydrogen) atoms. The van der Waals surface area contributed by atoms with E-state index in [9.17, 15) is 9.18 Å². The van der Waals surface area contributed by atoms with Crippen LogP contribution in [0.1, 0.15) is 18.5 Å². The molecule has 4 nitrogen and oxygen atoms in total. The Kier molecular flexibility index (Phi) is 5.08. The molecule has 0 aliphatic carbocycles. The van der Waals surface area contributed by atoms with E-state index in [0.29, 0.717) is 13.0 Å². The standard InChI is InChI=1S/C18H22FN3O/c19-15-5-7-16(8-6-15)22-12-3-4-17(22)14-18(23)20-9-13-21-10-1-2-11-21/h3-8,12H,1-2,9-11,13-14H2,(H,20,23). The minimum atomic E-state index is -0.262. The third kappa shape index (κ3) is 4.20. The number of halogens is 1. The molecule has 1 aromatic heterocycles. The normalized spacial score (nSPS) is 15.0. The summed E-state index contributed by atoms with van der Waals surface area (Å²) < 4.78 is 14.9. The monoisotopic (exact) mass is 315 g/mol. The molecule has 1 fully saturated rings. The number of carbonyl (C=O) groups is 1. The Hall–Kier alpha value is -2.14. The topological polar surface area (TPSA) is 37.3 Å². The fourth-order valence-corrected chi connectivity index (χ4v) is 3.00. The molecular weight excluding hydrogens is 293 g/mol. The van der Waals surface area contributed by atoms with Crippen LogP contribution in [-0.4, -0.2) is 41.6 Å². The molecule has 1 N–H and O–H groups in total. The molecule has 0 radical (unpaired) electrons. The van der Waals surface area contributed by atoms with Gasteiger partial charge in [-0.25, -0.2) is 4.39 Å². The fourth-order valence-electron chi connectivity index (χ4n) is 3.00. The minimum Gasteiger partial charge on any atom is -0.354 e. The Morgan fingerprint density at radius 2 is 1.87 bits per heavy atom. The zero-order valence-corrected chi connectivity index (χ0v) is 13.2. The van der Waals surface area contributed by atoms with E-state index in [1.54, 1.807) is 12.1 Å². The summed E-state index contributed by atoms with van der Waals surface area (Å²) in [6.07, 6.45) is 4.74. The van der Waals surface area contributed by atoms with Gasteiger partial charge in [-0.15, -0.1) is 0 Å². The first kappa shape index (κ1) is 15.7. The van der Waals surface area contributed by atoms with Crippen molar-refractivity contribution in [3.05, 3.63) is 54.1 Å². The first-order chi connectivity index (χ1) is 11.2. The largest absolute Gasteiger partial charge is 0.354 e.